The van der Waals surface area contributed by atoms with Crippen molar-refractivity contribution in [1.29, 1.82) is 0 Å². The summed E-state index contributed by atoms with van der Waals surface area (Å²) in [5, 5.41) is 0. The minimum absolute atomic E-state index is 0.123. The standard InChI is InChI=1S/C27H33FN4O3/c1-20-8-4-7-11-23(20)30-13-15-31(16-14-30)24(33)18-27(21-9-5-6-10-22(21)28)19-25(34)32(26(27)35)17-12-29(2)3/h4-11H,12-19H2,1-3H3. The molecule has 186 valence electrons. The molecule has 0 aromatic heterocycles. The van der Waals surface area contributed by atoms with Crippen LogP contribution in [0.2, 0.25) is 0 Å². The first-order valence-corrected chi connectivity index (χ1v) is 12.1. The van der Waals surface area contributed by atoms with E-state index in [0.717, 1.165) is 5.69 Å². The first-order chi connectivity index (χ1) is 16.7. The van der Waals surface area contributed by atoms with E-state index in [1.165, 1.54) is 22.6 Å². The number of carbonyl (C=O) groups excluding carboxylic acids is 3. The van der Waals surface area contributed by atoms with Gasteiger partial charge in [-0.3, -0.25) is 19.3 Å². The lowest BCUT2D eigenvalue weighted by atomic mass is 9.75. The summed E-state index contributed by atoms with van der Waals surface area (Å²) in [5.74, 6) is -1.65. The van der Waals surface area contributed by atoms with Crippen molar-refractivity contribution in [1.82, 2.24) is 14.7 Å². The molecular weight excluding hydrogens is 447 g/mol. The number of anilines is 1. The number of nitrogens with zero attached hydrogens (tertiary/aromatic N) is 4. The van der Waals surface area contributed by atoms with Crippen LogP contribution in [0.25, 0.3) is 0 Å². The summed E-state index contributed by atoms with van der Waals surface area (Å²) in [6.45, 7) is 5.13. The molecule has 0 N–H and O–H groups in total. The molecule has 35 heavy (non-hydrogen) atoms. The van der Waals surface area contributed by atoms with Gasteiger partial charge in [0.25, 0.3) is 0 Å². The van der Waals surface area contributed by atoms with Gasteiger partial charge in [-0.05, 0) is 38.7 Å². The number of carbonyl (C=O) groups is 3. The zero-order valence-electron chi connectivity index (χ0n) is 20.7. The van der Waals surface area contributed by atoms with Crippen LogP contribution in [0.15, 0.2) is 48.5 Å². The second-order valence-electron chi connectivity index (χ2n) is 9.72. The SMILES string of the molecule is Cc1ccccc1N1CCN(C(=O)CC2(c3ccccc3F)CC(=O)N(CCN(C)C)C2=O)CC1. The maximum atomic E-state index is 15.0. The Morgan fingerprint density at radius 1 is 1.00 bits per heavy atom. The van der Waals surface area contributed by atoms with Gasteiger partial charge >= 0.3 is 0 Å². The van der Waals surface area contributed by atoms with Crippen LogP contribution in [-0.4, -0.2) is 85.8 Å². The Morgan fingerprint density at radius 3 is 2.31 bits per heavy atom. The zero-order valence-corrected chi connectivity index (χ0v) is 20.7. The van der Waals surface area contributed by atoms with Gasteiger partial charge in [0.2, 0.25) is 17.7 Å². The quantitative estimate of drug-likeness (QED) is 0.570. The Kier molecular flexibility index (Phi) is 7.21. The van der Waals surface area contributed by atoms with E-state index in [1.807, 2.05) is 31.1 Å². The third-order valence-electron chi connectivity index (χ3n) is 7.11. The molecule has 7 nitrogen and oxygen atoms in total. The maximum Gasteiger partial charge on any atom is 0.241 e. The summed E-state index contributed by atoms with van der Waals surface area (Å²) in [4.78, 5) is 47.1. The van der Waals surface area contributed by atoms with E-state index in [0.29, 0.717) is 32.7 Å². The Hall–Kier alpha value is -3.26. The highest BCUT2D eigenvalue weighted by Crippen LogP contribution is 2.41. The lowest BCUT2D eigenvalue weighted by Crippen LogP contribution is -2.51. The lowest BCUT2D eigenvalue weighted by molar-refractivity contribution is -0.143. The summed E-state index contributed by atoms with van der Waals surface area (Å²) in [7, 11) is 3.71. The fraction of sp³-hybridized carbons (Fsp3) is 0.444. The number of hydrogen-bond donors (Lipinski definition) is 0. The molecule has 3 amide bonds. The van der Waals surface area contributed by atoms with Crippen molar-refractivity contribution in [2.75, 3.05) is 58.3 Å². The first-order valence-electron chi connectivity index (χ1n) is 12.1. The fourth-order valence-corrected chi connectivity index (χ4v) is 5.11. The van der Waals surface area contributed by atoms with Crippen molar-refractivity contribution >= 4 is 23.4 Å². The molecule has 0 bridgehead atoms. The van der Waals surface area contributed by atoms with Crippen LogP contribution in [-0.2, 0) is 19.8 Å². The highest BCUT2D eigenvalue weighted by Gasteiger charge is 2.55. The molecule has 2 saturated heterocycles. The number of amides is 3. The van der Waals surface area contributed by atoms with E-state index < -0.39 is 17.1 Å². The zero-order chi connectivity index (χ0) is 25.2. The molecule has 2 fully saturated rings. The summed E-state index contributed by atoms with van der Waals surface area (Å²) < 4.78 is 15.0. The van der Waals surface area contributed by atoms with Crippen molar-refractivity contribution < 1.29 is 18.8 Å². The number of rotatable bonds is 7. The van der Waals surface area contributed by atoms with Crippen LogP contribution < -0.4 is 4.90 Å². The minimum Gasteiger partial charge on any atom is -0.368 e. The molecule has 2 heterocycles. The molecular formula is C27H33FN4O3. The summed E-state index contributed by atoms with van der Waals surface area (Å²) in [6.07, 6.45) is -0.420. The van der Waals surface area contributed by atoms with Crippen molar-refractivity contribution in [3.8, 4) is 0 Å². The van der Waals surface area contributed by atoms with Crippen LogP contribution in [0, 0.1) is 12.7 Å². The summed E-state index contributed by atoms with van der Waals surface area (Å²) in [6, 6.07) is 14.1. The second-order valence-corrected chi connectivity index (χ2v) is 9.72. The van der Waals surface area contributed by atoms with Crippen LogP contribution in [0.1, 0.15) is 24.0 Å². The van der Waals surface area contributed by atoms with Crippen LogP contribution in [0.3, 0.4) is 0 Å². The first kappa shape index (κ1) is 24.9. The number of aryl methyl sites for hydroxylation is 1. The highest BCUT2D eigenvalue weighted by atomic mass is 19.1. The number of hydrogen-bond acceptors (Lipinski definition) is 5. The molecule has 0 radical (unpaired) electrons. The molecule has 0 aliphatic carbocycles. The summed E-state index contributed by atoms with van der Waals surface area (Å²) in [5.41, 5.74) is 0.936. The van der Waals surface area contributed by atoms with Gasteiger partial charge in [0.05, 0.1) is 5.41 Å². The van der Waals surface area contributed by atoms with E-state index in [1.54, 1.807) is 17.0 Å². The van der Waals surface area contributed by atoms with Crippen LogP contribution in [0.5, 0.6) is 0 Å². The van der Waals surface area contributed by atoms with Crippen molar-refractivity contribution in [2.45, 2.75) is 25.2 Å². The molecule has 4 rings (SSSR count). The molecule has 2 aliphatic heterocycles. The maximum absolute atomic E-state index is 15.0. The number of para-hydroxylation sites is 1. The smallest absolute Gasteiger partial charge is 0.241 e. The Morgan fingerprint density at radius 2 is 1.66 bits per heavy atom. The molecule has 0 spiro atoms. The number of halogens is 1. The van der Waals surface area contributed by atoms with Gasteiger partial charge in [0, 0.05) is 63.4 Å². The average molecular weight is 481 g/mol. The normalized spacial score (nSPS) is 20.8. The van der Waals surface area contributed by atoms with Crippen molar-refractivity contribution in [3.63, 3.8) is 0 Å². The van der Waals surface area contributed by atoms with Crippen molar-refractivity contribution in [2.24, 2.45) is 0 Å². The van der Waals surface area contributed by atoms with Gasteiger partial charge in [-0.2, -0.15) is 0 Å². The predicted molar refractivity (Wildman–Crippen MR) is 133 cm³/mol. The van der Waals surface area contributed by atoms with Gasteiger partial charge < -0.3 is 14.7 Å². The van der Waals surface area contributed by atoms with E-state index in [4.69, 9.17) is 0 Å². The third kappa shape index (κ3) is 4.93. The monoisotopic (exact) mass is 480 g/mol. The molecule has 2 aromatic carbocycles. The number of likely N-dealkylation sites (tertiary alicyclic amines) is 1. The number of piperazine rings is 1. The van der Waals surface area contributed by atoms with E-state index in [2.05, 4.69) is 24.0 Å². The second kappa shape index (κ2) is 10.2. The molecule has 0 saturated carbocycles. The van der Waals surface area contributed by atoms with Crippen molar-refractivity contribution in [3.05, 3.63) is 65.5 Å². The van der Waals surface area contributed by atoms with Crippen LogP contribution >= 0.6 is 0 Å². The minimum atomic E-state index is -1.51. The van der Waals surface area contributed by atoms with Crippen LogP contribution in [0.4, 0.5) is 10.1 Å². The van der Waals surface area contributed by atoms with E-state index in [-0.39, 0.29) is 36.8 Å². The van der Waals surface area contributed by atoms with Gasteiger partial charge in [0.1, 0.15) is 5.82 Å². The molecule has 1 unspecified atom stereocenters. The van der Waals surface area contributed by atoms with Gasteiger partial charge in [-0.15, -0.1) is 0 Å². The van der Waals surface area contributed by atoms with Gasteiger partial charge in [-0.1, -0.05) is 36.4 Å². The Labute approximate surface area is 206 Å². The van der Waals surface area contributed by atoms with Gasteiger partial charge in [-0.25, -0.2) is 4.39 Å². The lowest BCUT2D eigenvalue weighted by Gasteiger charge is -2.38. The molecule has 2 aliphatic rings. The fourth-order valence-electron chi connectivity index (χ4n) is 5.11. The Bertz CT molecular complexity index is 1110. The van der Waals surface area contributed by atoms with E-state index >= 15 is 0 Å². The van der Waals surface area contributed by atoms with E-state index in [9.17, 15) is 18.8 Å². The number of likely N-dealkylation sites (N-methyl/N-ethyl adjacent to an activating group) is 1. The highest BCUT2D eigenvalue weighted by molar-refractivity contribution is 6.10. The number of imide groups is 1. The topological polar surface area (TPSA) is 64.2 Å². The van der Waals surface area contributed by atoms with Gasteiger partial charge in [0.15, 0.2) is 0 Å². The predicted octanol–water partition coefficient (Wildman–Crippen LogP) is 2.43. The third-order valence-corrected chi connectivity index (χ3v) is 7.11. The number of benzene rings is 2. The Balaban J connectivity index is 1.54. The molecule has 2 aromatic rings. The average Bonchev–Trinajstić information content (AvgIpc) is 3.07. The largest absolute Gasteiger partial charge is 0.368 e. The molecule has 1 atom stereocenters. The molecule has 8 heteroatoms. The summed E-state index contributed by atoms with van der Waals surface area (Å²) >= 11 is 0.